The first kappa shape index (κ1) is 14.4. The molecule has 0 bridgehead atoms. The average molecular weight is 180 g/mol. The standard InChI is InChI=1S/C7H6O.C4H10.CH4/c1-6-4-2-3-5-7(6)8;1-4(2)3;/h2-5H,1H2;4H,1-3H3;1H4. The lowest BCUT2D eigenvalue weighted by Crippen LogP contribution is -1.95. The highest BCUT2D eigenvalue weighted by Gasteiger charge is 1.99. The Hall–Kier alpha value is -1.11. The largest absolute Gasteiger partial charge is 0.289 e. The van der Waals surface area contributed by atoms with E-state index in [1.807, 2.05) is 0 Å². The minimum absolute atomic E-state index is 0. The van der Waals surface area contributed by atoms with Crippen molar-refractivity contribution in [2.45, 2.75) is 28.2 Å². The lowest BCUT2D eigenvalue weighted by atomic mass is 10.1. The summed E-state index contributed by atoms with van der Waals surface area (Å²) in [5.74, 6) is 0.840. The Morgan fingerprint density at radius 1 is 1.15 bits per heavy atom. The lowest BCUT2D eigenvalue weighted by molar-refractivity contribution is -0.111. The molecule has 1 aliphatic rings. The molecule has 0 atom stereocenters. The highest BCUT2D eigenvalue weighted by atomic mass is 16.1. The molecule has 0 radical (unpaired) electrons. The minimum atomic E-state index is 0. The van der Waals surface area contributed by atoms with E-state index in [1.54, 1.807) is 18.2 Å². The molecule has 1 rings (SSSR count). The topological polar surface area (TPSA) is 17.1 Å². The van der Waals surface area contributed by atoms with Crippen LogP contribution in [0.1, 0.15) is 28.2 Å². The first-order chi connectivity index (χ1) is 5.54. The third-order valence-electron chi connectivity index (χ3n) is 0.973. The van der Waals surface area contributed by atoms with Gasteiger partial charge in [-0.3, -0.25) is 4.79 Å². The Labute approximate surface area is 81.9 Å². The Bertz CT molecular complexity index is 195. The highest BCUT2D eigenvalue weighted by Crippen LogP contribution is 2.01. The van der Waals surface area contributed by atoms with Crippen molar-refractivity contribution in [3.63, 3.8) is 0 Å². The molecule has 1 nitrogen and oxygen atoms in total. The fourth-order valence-corrected chi connectivity index (χ4v) is 0.504. The van der Waals surface area contributed by atoms with E-state index in [9.17, 15) is 4.79 Å². The van der Waals surface area contributed by atoms with Crippen molar-refractivity contribution in [2.24, 2.45) is 5.92 Å². The first-order valence-electron chi connectivity index (χ1n) is 4.12. The van der Waals surface area contributed by atoms with Gasteiger partial charge in [-0.25, -0.2) is 0 Å². The lowest BCUT2D eigenvalue weighted by Gasteiger charge is -1.94. The van der Waals surface area contributed by atoms with E-state index in [4.69, 9.17) is 0 Å². The molecule has 0 saturated carbocycles. The van der Waals surface area contributed by atoms with Crippen LogP contribution >= 0.6 is 0 Å². The third kappa shape index (κ3) is 8.80. The molecule has 0 N–H and O–H groups in total. The van der Waals surface area contributed by atoms with Gasteiger partial charge in [-0.05, 0) is 12.0 Å². The molecule has 1 aliphatic carbocycles. The predicted molar refractivity (Wildman–Crippen MR) is 59.7 cm³/mol. The minimum Gasteiger partial charge on any atom is -0.289 e. The van der Waals surface area contributed by atoms with Crippen molar-refractivity contribution in [3.05, 3.63) is 36.5 Å². The van der Waals surface area contributed by atoms with E-state index in [-0.39, 0.29) is 13.2 Å². The number of hydrogen-bond donors (Lipinski definition) is 0. The zero-order chi connectivity index (χ0) is 9.56. The molecule has 0 fully saturated rings. The summed E-state index contributed by atoms with van der Waals surface area (Å²) >= 11 is 0. The predicted octanol–water partition coefficient (Wildman–Crippen LogP) is 3.54. The molecule has 1 heteroatoms. The number of allylic oxidation sites excluding steroid dienone is 5. The van der Waals surface area contributed by atoms with Gasteiger partial charge in [0.25, 0.3) is 0 Å². The van der Waals surface area contributed by atoms with Gasteiger partial charge in [0.05, 0.1) is 0 Å². The van der Waals surface area contributed by atoms with Gasteiger partial charge >= 0.3 is 0 Å². The van der Waals surface area contributed by atoms with Crippen molar-refractivity contribution in [1.82, 2.24) is 0 Å². The van der Waals surface area contributed by atoms with Crippen molar-refractivity contribution >= 4 is 5.78 Å². The summed E-state index contributed by atoms with van der Waals surface area (Å²) in [4.78, 5) is 10.6. The number of ketones is 1. The Kier molecular flexibility index (Phi) is 8.36. The van der Waals surface area contributed by atoms with E-state index in [1.165, 1.54) is 6.08 Å². The van der Waals surface area contributed by atoms with E-state index in [0.29, 0.717) is 5.57 Å². The Morgan fingerprint density at radius 3 is 1.77 bits per heavy atom. The summed E-state index contributed by atoms with van der Waals surface area (Å²) < 4.78 is 0. The van der Waals surface area contributed by atoms with Crippen LogP contribution in [0.15, 0.2) is 36.5 Å². The van der Waals surface area contributed by atoms with E-state index in [2.05, 4.69) is 27.4 Å². The van der Waals surface area contributed by atoms with Crippen LogP contribution in [0.4, 0.5) is 0 Å². The van der Waals surface area contributed by atoms with E-state index >= 15 is 0 Å². The maximum Gasteiger partial charge on any atom is 0.185 e. The second-order valence-corrected chi connectivity index (χ2v) is 3.34. The molecule has 0 aliphatic heterocycles. The number of hydrogen-bond acceptors (Lipinski definition) is 1. The fourth-order valence-electron chi connectivity index (χ4n) is 0.504. The van der Waals surface area contributed by atoms with Gasteiger partial charge in [-0.2, -0.15) is 0 Å². The average Bonchev–Trinajstić information content (AvgIpc) is 1.94. The quantitative estimate of drug-likeness (QED) is 0.521. The Balaban J connectivity index is 0. The third-order valence-corrected chi connectivity index (χ3v) is 0.973. The summed E-state index contributed by atoms with van der Waals surface area (Å²) in [6.45, 7) is 10.0. The van der Waals surface area contributed by atoms with Crippen LogP contribution in [0.25, 0.3) is 0 Å². The Morgan fingerprint density at radius 2 is 1.54 bits per heavy atom. The van der Waals surface area contributed by atoms with Crippen LogP contribution in [0.3, 0.4) is 0 Å². The van der Waals surface area contributed by atoms with Gasteiger partial charge < -0.3 is 0 Å². The summed E-state index contributed by atoms with van der Waals surface area (Å²) in [6, 6.07) is 0. The normalized spacial score (nSPS) is 13.5. The molecular weight excluding hydrogens is 160 g/mol. The van der Waals surface area contributed by atoms with Crippen LogP contribution in [0.5, 0.6) is 0 Å². The van der Waals surface area contributed by atoms with Crippen molar-refractivity contribution in [1.29, 1.82) is 0 Å². The SMILES string of the molecule is C.C=C1C=CC=CC1=O.CC(C)C. The van der Waals surface area contributed by atoms with Crippen molar-refractivity contribution in [3.8, 4) is 0 Å². The van der Waals surface area contributed by atoms with Crippen molar-refractivity contribution < 1.29 is 4.79 Å². The zero-order valence-corrected chi connectivity index (χ0v) is 8.00. The summed E-state index contributed by atoms with van der Waals surface area (Å²) in [7, 11) is 0. The molecule has 13 heavy (non-hydrogen) atoms. The summed E-state index contributed by atoms with van der Waals surface area (Å²) in [6.07, 6.45) is 6.70. The summed E-state index contributed by atoms with van der Waals surface area (Å²) in [5, 5.41) is 0. The van der Waals surface area contributed by atoms with Gasteiger partial charge in [-0.1, -0.05) is 53.0 Å². The van der Waals surface area contributed by atoms with Crippen molar-refractivity contribution in [2.75, 3.05) is 0 Å². The maximum atomic E-state index is 10.6. The van der Waals surface area contributed by atoms with Gasteiger partial charge in [0.1, 0.15) is 0 Å². The van der Waals surface area contributed by atoms with E-state index < -0.39 is 0 Å². The number of carbonyl (C=O) groups is 1. The molecule has 0 aromatic heterocycles. The second kappa shape index (κ2) is 7.53. The smallest absolute Gasteiger partial charge is 0.185 e. The highest BCUT2D eigenvalue weighted by molar-refractivity contribution is 6.06. The van der Waals surface area contributed by atoms with Gasteiger partial charge in [-0.15, -0.1) is 0 Å². The molecule has 0 saturated heterocycles. The molecule has 0 aromatic rings. The fraction of sp³-hybridized carbons (Fsp3) is 0.417. The number of rotatable bonds is 0. The molecule has 0 amide bonds. The first-order valence-corrected chi connectivity index (χ1v) is 4.12. The van der Waals surface area contributed by atoms with Crippen LogP contribution in [0.2, 0.25) is 0 Å². The molecule has 0 unspecified atom stereocenters. The monoisotopic (exact) mass is 180 g/mol. The second-order valence-electron chi connectivity index (χ2n) is 3.34. The molecule has 0 spiro atoms. The van der Waals surface area contributed by atoms with Crippen LogP contribution in [0, 0.1) is 5.92 Å². The van der Waals surface area contributed by atoms with Gasteiger partial charge in [0, 0.05) is 5.57 Å². The number of carbonyl (C=O) groups excluding carboxylic acids is 1. The molecule has 0 aromatic carbocycles. The zero-order valence-electron chi connectivity index (χ0n) is 8.00. The van der Waals surface area contributed by atoms with Crippen LogP contribution < -0.4 is 0 Å². The molecule has 74 valence electrons. The molecular formula is C12H20O. The van der Waals surface area contributed by atoms with Crippen LogP contribution in [-0.2, 0) is 4.79 Å². The summed E-state index contributed by atoms with van der Waals surface area (Å²) in [5.41, 5.74) is 0.563. The van der Waals surface area contributed by atoms with E-state index in [0.717, 1.165) is 5.92 Å². The maximum absolute atomic E-state index is 10.6. The van der Waals surface area contributed by atoms with Crippen LogP contribution in [-0.4, -0.2) is 5.78 Å². The van der Waals surface area contributed by atoms with Gasteiger partial charge in [0.2, 0.25) is 0 Å². The molecule has 0 heterocycles. The van der Waals surface area contributed by atoms with Gasteiger partial charge in [0.15, 0.2) is 5.78 Å².